The Labute approximate surface area is 97.8 Å². The monoisotopic (exact) mass is 225 g/mol. The number of hydrogen-bond acceptors (Lipinski definition) is 2. The number of rotatable bonds is 4. The van der Waals surface area contributed by atoms with Crippen LogP contribution in [0.15, 0.2) is 0 Å². The summed E-state index contributed by atoms with van der Waals surface area (Å²) in [6.07, 6.45) is 4.81. The van der Waals surface area contributed by atoms with Gasteiger partial charge in [-0.25, -0.2) is 4.79 Å². The lowest BCUT2D eigenvalue weighted by Crippen LogP contribution is -2.45. The van der Waals surface area contributed by atoms with Gasteiger partial charge in [0.25, 0.3) is 0 Å². The first-order valence-electron chi connectivity index (χ1n) is 6.55. The van der Waals surface area contributed by atoms with Crippen molar-refractivity contribution in [3.05, 3.63) is 0 Å². The van der Waals surface area contributed by atoms with Crippen molar-refractivity contribution in [2.24, 2.45) is 5.92 Å². The third-order valence-electron chi connectivity index (χ3n) is 3.45. The van der Waals surface area contributed by atoms with Crippen LogP contribution in [0.4, 0.5) is 4.79 Å². The van der Waals surface area contributed by atoms with Crippen LogP contribution in [-0.2, 0) is 0 Å². The molecule has 16 heavy (non-hydrogen) atoms. The Kier molecular flexibility index (Phi) is 4.04. The molecule has 1 atom stereocenters. The van der Waals surface area contributed by atoms with Gasteiger partial charge in [0.05, 0.1) is 0 Å². The highest BCUT2D eigenvalue weighted by Gasteiger charge is 2.26. The van der Waals surface area contributed by atoms with Crippen molar-refractivity contribution in [1.82, 2.24) is 15.5 Å². The second-order valence-corrected chi connectivity index (χ2v) is 4.97. The summed E-state index contributed by atoms with van der Waals surface area (Å²) < 4.78 is 0. The zero-order valence-electron chi connectivity index (χ0n) is 10.2. The van der Waals surface area contributed by atoms with E-state index in [0.717, 1.165) is 39.0 Å². The van der Waals surface area contributed by atoms with E-state index in [1.807, 2.05) is 4.90 Å². The Bertz CT molecular complexity index is 234. The summed E-state index contributed by atoms with van der Waals surface area (Å²) in [4.78, 5) is 13.8. The molecule has 1 unspecified atom stereocenters. The third-order valence-corrected chi connectivity index (χ3v) is 3.45. The molecule has 4 heteroatoms. The van der Waals surface area contributed by atoms with Crippen molar-refractivity contribution in [1.29, 1.82) is 0 Å². The molecule has 0 aromatic heterocycles. The van der Waals surface area contributed by atoms with Crippen molar-refractivity contribution in [2.75, 3.05) is 26.2 Å². The molecule has 0 aromatic carbocycles. The minimum absolute atomic E-state index is 0.135. The normalized spacial score (nSPS) is 25.2. The third kappa shape index (κ3) is 3.37. The molecule has 1 aliphatic carbocycles. The van der Waals surface area contributed by atoms with Crippen molar-refractivity contribution < 1.29 is 4.79 Å². The van der Waals surface area contributed by atoms with Crippen LogP contribution >= 0.6 is 0 Å². The number of urea groups is 1. The first-order valence-corrected chi connectivity index (χ1v) is 6.55. The molecule has 92 valence electrons. The van der Waals surface area contributed by atoms with Gasteiger partial charge in [-0.1, -0.05) is 0 Å². The highest BCUT2D eigenvalue weighted by atomic mass is 16.2. The van der Waals surface area contributed by atoms with Gasteiger partial charge < -0.3 is 15.5 Å². The fraction of sp³-hybridized carbons (Fsp3) is 0.917. The van der Waals surface area contributed by atoms with Crippen molar-refractivity contribution in [3.63, 3.8) is 0 Å². The zero-order chi connectivity index (χ0) is 11.4. The summed E-state index contributed by atoms with van der Waals surface area (Å²) in [5, 5.41) is 6.46. The van der Waals surface area contributed by atoms with Crippen molar-refractivity contribution >= 4 is 6.03 Å². The molecule has 2 aliphatic rings. The van der Waals surface area contributed by atoms with E-state index in [1.165, 1.54) is 12.8 Å². The summed E-state index contributed by atoms with van der Waals surface area (Å²) >= 11 is 0. The van der Waals surface area contributed by atoms with E-state index >= 15 is 0 Å². The number of nitrogens with zero attached hydrogens (tertiary/aromatic N) is 1. The molecule has 2 fully saturated rings. The molecule has 1 saturated carbocycles. The van der Waals surface area contributed by atoms with Gasteiger partial charge in [-0.2, -0.15) is 0 Å². The van der Waals surface area contributed by atoms with E-state index in [0.29, 0.717) is 12.0 Å². The van der Waals surface area contributed by atoms with Crippen LogP contribution in [0.1, 0.15) is 32.6 Å². The maximum atomic E-state index is 11.9. The Morgan fingerprint density at radius 3 is 2.81 bits per heavy atom. The van der Waals surface area contributed by atoms with Gasteiger partial charge in [-0.3, -0.25) is 0 Å². The molecular weight excluding hydrogens is 202 g/mol. The first-order chi connectivity index (χ1) is 7.79. The summed E-state index contributed by atoms with van der Waals surface area (Å²) in [6, 6.07) is 0.599. The Morgan fingerprint density at radius 1 is 1.44 bits per heavy atom. The van der Waals surface area contributed by atoms with Gasteiger partial charge in [0.2, 0.25) is 0 Å². The van der Waals surface area contributed by atoms with E-state index in [2.05, 4.69) is 17.6 Å². The van der Waals surface area contributed by atoms with E-state index in [4.69, 9.17) is 0 Å². The van der Waals surface area contributed by atoms with Gasteiger partial charge in [0.1, 0.15) is 0 Å². The van der Waals surface area contributed by atoms with Gasteiger partial charge in [0.15, 0.2) is 0 Å². The van der Waals surface area contributed by atoms with Crippen molar-refractivity contribution in [3.8, 4) is 0 Å². The van der Waals surface area contributed by atoms with Gasteiger partial charge in [-0.05, 0) is 51.6 Å². The van der Waals surface area contributed by atoms with E-state index in [-0.39, 0.29) is 6.03 Å². The maximum Gasteiger partial charge on any atom is 0.317 e. The highest BCUT2D eigenvalue weighted by Crippen LogP contribution is 2.19. The molecular formula is C12H23N3O. The molecule has 4 nitrogen and oxygen atoms in total. The fourth-order valence-electron chi connectivity index (χ4n) is 2.24. The standard InChI is InChI=1S/C12H23N3O/c1-2-15(12(16)14-11-5-6-11)9-10-4-3-7-13-8-10/h10-11,13H,2-9H2,1H3,(H,14,16). The van der Waals surface area contributed by atoms with Crippen LogP contribution < -0.4 is 10.6 Å². The van der Waals surface area contributed by atoms with Gasteiger partial charge in [0, 0.05) is 19.1 Å². The molecule has 1 saturated heterocycles. The molecule has 2 rings (SSSR count). The lowest BCUT2D eigenvalue weighted by Gasteiger charge is -2.29. The molecule has 0 bridgehead atoms. The van der Waals surface area contributed by atoms with Gasteiger partial charge >= 0.3 is 6.03 Å². The fourth-order valence-corrected chi connectivity index (χ4v) is 2.24. The maximum absolute atomic E-state index is 11.9. The minimum Gasteiger partial charge on any atom is -0.335 e. The van der Waals surface area contributed by atoms with E-state index in [1.54, 1.807) is 0 Å². The van der Waals surface area contributed by atoms with Crippen LogP contribution in [0.25, 0.3) is 0 Å². The van der Waals surface area contributed by atoms with Crippen LogP contribution in [-0.4, -0.2) is 43.2 Å². The Hall–Kier alpha value is -0.770. The van der Waals surface area contributed by atoms with E-state index in [9.17, 15) is 4.79 Å². The number of hydrogen-bond donors (Lipinski definition) is 2. The summed E-state index contributed by atoms with van der Waals surface area (Å²) in [5.74, 6) is 0.638. The Balaban J connectivity index is 1.76. The summed E-state index contributed by atoms with van der Waals surface area (Å²) in [6.45, 7) is 5.98. The molecule has 0 spiro atoms. The van der Waals surface area contributed by atoms with Gasteiger partial charge in [-0.15, -0.1) is 0 Å². The summed E-state index contributed by atoms with van der Waals surface area (Å²) in [7, 11) is 0. The zero-order valence-corrected chi connectivity index (χ0v) is 10.2. The van der Waals surface area contributed by atoms with Crippen LogP contribution in [0.3, 0.4) is 0 Å². The molecule has 2 amide bonds. The molecule has 0 radical (unpaired) electrons. The second-order valence-electron chi connectivity index (χ2n) is 4.97. The predicted molar refractivity (Wildman–Crippen MR) is 64.4 cm³/mol. The van der Waals surface area contributed by atoms with E-state index < -0.39 is 0 Å². The lowest BCUT2D eigenvalue weighted by atomic mass is 9.99. The molecule has 2 N–H and O–H groups in total. The first kappa shape index (κ1) is 11.7. The number of piperidine rings is 1. The Morgan fingerprint density at radius 2 is 2.25 bits per heavy atom. The average Bonchev–Trinajstić information content (AvgIpc) is 3.11. The van der Waals surface area contributed by atoms with Crippen molar-refractivity contribution in [2.45, 2.75) is 38.6 Å². The minimum atomic E-state index is 0.135. The number of nitrogens with one attached hydrogen (secondary N) is 2. The number of carbonyl (C=O) groups is 1. The quantitative estimate of drug-likeness (QED) is 0.754. The summed E-state index contributed by atoms with van der Waals surface area (Å²) in [5.41, 5.74) is 0. The topological polar surface area (TPSA) is 44.4 Å². The largest absolute Gasteiger partial charge is 0.335 e. The highest BCUT2D eigenvalue weighted by molar-refractivity contribution is 5.74. The molecule has 1 aliphatic heterocycles. The number of carbonyl (C=O) groups excluding carboxylic acids is 1. The predicted octanol–water partition coefficient (Wildman–Crippen LogP) is 1.18. The molecule has 1 heterocycles. The van der Waals surface area contributed by atoms with Crippen LogP contribution in [0, 0.1) is 5.92 Å². The second kappa shape index (κ2) is 5.53. The SMILES string of the molecule is CCN(CC1CCCNC1)C(=O)NC1CC1. The number of amides is 2. The average molecular weight is 225 g/mol. The van der Waals surface area contributed by atoms with Crippen LogP contribution in [0.2, 0.25) is 0 Å². The lowest BCUT2D eigenvalue weighted by molar-refractivity contribution is 0.184. The van der Waals surface area contributed by atoms with Crippen LogP contribution in [0.5, 0.6) is 0 Å². The smallest absolute Gasteiger partial charge is 0.317 e. The molecule has 0 aromatic rings.